The zero-order valence-electron chi connectivity index (χ0n) is 9.13. The van der Waals surface area contributed by atoms with Gasteiger partial charge >= 0.3 is 0 Å². The smallest absolute Gasteiger partial charge is 0.000970 e. The van der Waals surface area contributed by atoms with Gasteiger partial charge in [0, 0.05) is 0 Å². The topological polar surface area (TPSA) is 0 Å². The summed E-state index contributed by atoms with van der Waals surface area (Å²) in [5, 5.41) is 0. The van der Waals surface area contributed by atoms with Crippen molar-refractivity contribution in [2.75, 3.05) is 0 Å². The van der Waals surface area contributed by atoms with Crippen molar-refractivity contribution >= 4 is 17.1 Å². The quantitative estimate of drug-likeness (QED) is 0.604. The predicted molar refractivity (Wildman–Crippen MR) is 65.7 cm³/mol. The van der Waals surface area contributed by atoms with Gasteiger partial charge in [-0.05, 0) is 42.4 Å². The molecule has 0 aromatic carbocycles. The van der Waals surface area contributed by atoms with Crippen LogP contribution in [-0.2, 0) is 0 Å². The molecule has 80 valence electrons. The summed E-state index contributed by atoms with van der Waals surface area (Å²) in [7, 11) is 0. The van der Waals surface area contributed by atoms with E-state index < -0.39 is 0 Å². The molecule has 14 heavy (non-hydrogen) atoms. The molecule has 2 fully saturated rings. The molecule has 2 aliphatic carbocycles. The van der Waals surface area contributed by atoms with E-state index in [-0.39, 0.29) is 0 Å². The molecule has 0 aliphatic heterocycles. The maximum atomic E-state index is 5.69. The lowest BCUT2D eigenvalue weighted by molar-refractivity contribution is 0.394. The summed E-state index contributed by atoms with van der Waals surface area (Å²) in [5.41, 5.74) is 0. The molecule has 0 spiro atoms. The second-order valence-corrected chi connectivity index (χ2v) is 5.54. The van der Waals surface area contributed by atoms with Crippen LogP contribution in [0.3, 0.4) is 0 Å². The van der Waals surface area contributed by atoms with E-state index >= 15 is 0 Å². The lowest BCUT2D eigenvalue weighted by Gasteiger charge is -2.30. The van der Waals surface area contributed by atoms with Gasteiger partial charge in [0.1, 0.15) is 0 Å². The lowest BCUT2D eigenvalue weighted by Crippen LogP contribution is -2.25. The van der Waals surface area contributed by atoms with Crippen LogP contribution in [0.5, 0.6) is 0 Å². The van der Waals surface area contributed by atoms with Crippen molar-refractivity contribution < 1.29 is 0 Å². The first-order valence-electron chi connectivity index (χ1n) is 6.41. The molecular weight excluding hydrogens is 188 g/mol. The Morgan fingerprint density at radius 2 is 1.00 bits per heavy atom. The van der Waals surface area contributed by atoms with Crippen LogP contribution in [0.4, 0.5) is 0 Å². The Hall–Kier alpha value is 0.0900. The largest absolute Gasteiger partial charge is 0.0891 e. The second kappa shape index (κ2) is 5.25. The van der Waals surface area contributed by atoms with Gasteiger partial charge in [-0.3, -0.25) is 0 Å². The highest BCUT2D eigenvalue weighted by Crippen LogP contribution is 2.33. The zero-order chi connectivity index (χ0) is 9.80. The van der Waals surface area contributed by atoms with Gasteiger partial charge in [0.2, 0.25) is 0 Å². The monoisotopic (exact) mass is 210 g/mol. The molecule has 2 saturated carbocycles. The molecule has 2 aliphatic rings. The molecule has 1 heteroatoms. The minimum absolute atomic E-state index is 0.821. The van der Waals surface area contributed by atoms with Gasteiger partial charge in [-0.2, -0.15) is 0 Å². The van der Waals surface area contributed by atoms with Gasteiger partial charge in [-0.15, -0.1) is 0 Å². The molecule has 0 bridgehead atoms. The Bertz CT molecular complexity index is 165. The molecule has 0 amide bonds. The molecular formula is C13H22S. The Labute approximate surface area is 93.5 Å². The third-order valence-corrected chi connectivity index (χ3v) is 4.68. The first-order chi connectivity index (χ1) is 6.88. The maximum Gasteiger partial charge on any atom is -0.000970 e. The van der Waals surface area contributed by atoms with E-state index in [1.54, 1.807) is 0 Å². The van der Waals surface area contributed by atoms with Gasteiger partial charge in [0.25, 0.3) is 0 Å². The average Bonchev–Trinajstić information content (AvgIpc) is 2.30. The van der Waals surface area contributed by atoms with E-state index in [4.69, 9.17) is 12.2 Å². The van der Waals surface area contributed by atoms with Gasteiger partial charge in [-0.1, -0.05) is 50.7 Å². The summed E-state index contributed by atoms with van der Waals surface area (Å²) < 4.78 is 0. The molecule has 0 aromatic rings. The molecule has 0 saturated heterocycles. The van der Waals surface area contributed by atoms with E-state index in [0.29, 0.717) is 0 Å². The summed E-state index contributed by atoms with van der Waals surface area (Å²) in [4.78, 5) is 1.46. The van der Waals surface area contributed by atoms with Crippen LogP contribution in [0.2, 0.25) is 0 Å². The fourth-order valence-electron chi connectivity index (χ4n) is 3.11. The minimum atomic E-state index is 0.821. The summed E-state index contributed by atoms with van der Waals surface area (Å²) >= 11 is 5.69. The van der Waals surface area contributed by atoms with E-state index in [1.807, 2.05) is 0 Å². The Morgan fingerprint density at radius 3 is 1.36 bits per heavy atom. The van der Waals surface area contributed by atoms with E-state index in [2.05, 4.69) is 0 Å². The number of thiocarbonyl (C=S) groups is 1. The fourth-order valence-corrected chi connectivity index (χ4v) is 3.58. The summed E-state index contributed by atoms with van der Waals surface area (Å²) in [5.74, 6) is 1.64. The molecule has 0 nitrogen and oxygen atoms in total. The molecule has 0 atom stereocenters. The fraction of sp³-hybridized carbons (Fsp3) is 0.923. The van der Waals surface area contributed by atoms with E-state index in [0.717, 1.165) is 11.8 Å². The maximum absolute atomic E-state index is 5.69. The van der Waals surface area contributed by atoms with E-state index in [9.17, 15) is 0 Å². The van der Waals surface area contributed by atoms with Gasteiger partial charge in [0.05, 0.1) is 0 Å². The highest BCUT2D eigenvalue weighted by Gasteiger charge is 2.25. The zero-order valence-corrected chi connectivity index (χ0v) is 9.95. The minimum Gasteiger partial charge on any atom is -0.0891 e. The highest BCUT2D eigenvalue weighted by atomic mass is 32.1. The highest BCUT2D eigenvalue weighted by molar-refractivity contribution is 7.80. The van der Waals surface area contributed by atoms with Crippen molar-refractivity contribution in [3.8, 4) is 0 Å². The lowest BCUT2D eigenvalue weighted by atomic mass is 9.77. The summed E-state index contributed by atoms with van der Waals surface area (Å²) in [6.45, 7) is 0. The van der Waals surface area contributed by atoms with Crippen LogP contribution in [0.1, 0.15) is 64.2 Å². The van der Waals surface area contributed by atoms with Crippen molar-refractivity contribution in [2.45, 2.75) is 64.2 Å². The van der Waals surface area contributed by atoms with Gasteiger partial charge in [0.15, 0.2) is 0 Å². The van der Waals surface area contributed by atoms with Crippen LogP contribution in [0.15, 0.2) is 0 Å². The third-order valence-electron chi connectivity index (χ3n) is 4.02. The molecule has 0 unspecified atom stereocenters. The summed E-state index contributed by atoms with van der Waals surface area (Å²) in [6, 6.07) is 0. The summed E-state index contributed by atoms with van der Waals surface area (Å²) in [6.07, 6.45) is 14.2. The first-order valence-corrected chi connectivity index (χ1v) is 6.82. The molecule has 2 rings (SSSR count). The standard InChI is InChI=1S/C13H22S/c14-13(11-7-3-1-4-8-11)12-9-5-2-6-10-12/h11-12H,1-10H2. The Balaban J connectivity index is 1.85. The van der Waals surface area contributed by atoms with E-state index in [1.165, 1.54) is 69.1 Å². The van der Waals surface area contributed by atoms with Crippen molar-refractivity contribution in [1.29, 1.82) is 0 Å². The number of rotatable bonds is 2. The molecule has 0 aromatic heterocycles. The Kier molecular flexibility index (Phi) is 3.98. The van der Waals surface area contributed by atoms with Gasteiger partial charge < -0.3 is 0 Å². The molecule has 0 N–H and O–H groups in total. The van der Waals surface area contributed by atoms with Crippen LogP contribution in [0, 0.1) is 11.8 Å². The normalized spacial score (nSPS) is 26.3. The number of hydrogen-bond donors (Lipinski definition) is 0. The third kappa shape index (κ3) is 2.56. The van der Waals surface area contributed by atoms with Gasteiger partial charge in [-0.25, -0.2) is 0 Å². The van der Waals surface area contributed by atoms with Crippen molar-refractivity contribution in [3.05, 3.63) is 0 Å². The molecule has 0 radical (unpaired) electrons. The SMILES string of the molecule is S=C(C1CCCCC1)C1CCCCC1. The second-order valence-electron chi connectivity index (χ2n) is 5.07. The predicted octanol–water partition coefficient (Wildman–Crippen LogP) is 4.52. The molecule has 0 heterocycles. The van der Waals surface area contributed by atoms with Crippen molar-refractivity contribution in [2.24, 2.45) is 11.8 Å². The van der Waals surface area contributed by atoms with Crippen molar-refractivity contribution in [3.63, 3.8) is 0 Å². The first kappa shape index (κ1) is 10.6. The van der Waals surface area contributed by atoms with Crippen LogP contribution < -0.4 is 0 Å². The average molecular weight is 210 g/mol. The Morgan fingerprint density at radius 1 is 0.643 bits per heavy atom. The van der Waals surface area contributed by atoms with Crippen LogP contribution in [0.25, 0.3) is 0 Å². The van der Waals surface area contributed by atoms with Crippen LogP contribution >= 0.6 is 12.2 Å². The van der Waals surface area contributed by atoms with Crippen molar-refractivity contribution in [1.82, 2.24) is 0 Å². The number of hydrogen-bond acceptors (Lipinski definition) is 1. The van der Waals surface area contributed by atoms with Crippen LogP contribution in [-0.4, -0.2) is 4.86 Å².